The summed E-state index contributed by atoms with van der Waals surface area (Å²) in [5.41, 5.74) is 0.510. The molecule has 2 atom stereocenters. The lowest BCUT2D eigenvalue weighted by Gasteiger charge is -2.27. The lowest BCUT2D eigenvalue weighted by atomic mass is 9.90. The smallest absolute Gasteiger partial charge is 0.205 e. The molecule has 2 aliphatic rings. The Labute approximate surface area is 114 Å². The van der Waals surface area contributed by atoms with E-state index in [0.29, 0.717) is 5.73 Å². The zero-order chi connectivity index (χ0) is 12.8. The molecule has 2 unspecified atom stereocenters. The summed E-state index contributed by atoms with van der Waals surface area (Å²) in [4.78, 5) is 0. The van der Waals surface area contributed by atoms with Crippen LogP contribution < -0.4 is 0 Å². The molecule has 2 rings (SSSR count). The molecule has 0 aromatic carbocycles. The maximum Gasteiger partial charge on any atom is 0.205 e. The third-order valence-electron chi connectivity index (χ3n) is 4.35. The van der Waals surface area contributed by atoms with Crippen LogP contribution in [0.4, 0.5) is 0 Å². The van der Waals surface area contributed by atoms with Crippen LogP contribution in [0.1, 0.15) is 58.8 Å². The van der Waals surface area contributed by atoms with Gasteiger partial charge in [-0.25, -0.2) is 0 Å². The molecule has 0 aromatic rings. The first-order valence-corrected chi connectivity index (χ1v) is 9.94. The summed E-state index contributed by atoms with van der Waals surface area (Å²) in [6.45, 7) is 6.64. The number of rotatable bonds is 6. The molecule has 0 bridgehead atoms. The van der Waals surface area contributed by atoms with Gasteiger partial charge in [0.05, 0.1) is 5.73 Å². The van der Waals surface area contributed by atoms with Gasteiger partial charge in [-0.15, -0.1) is 0 Å². The average molecular weight is 270 g/mol. The van der Waals surface area contributed by atoms with Crippen LogP contribution in [0.5, 0.6) is 0 Å². The van der Waals surface area contributed by atoms with Crippen LogP contribution in [0.25, 0.3) is 0 Å². The molecule has 2 nitrogen and oxygen atoms in total. The van der Waals surface area contributed by atoms with E-state index in [-0.39, 0.29) is 0 Å². The molecule has 0 spiro atoms. The van der Waals surface area contributed by atoms with E-state index in [4.69, 9.17) is 9.16 Å². The van der Waals surface area contributed by atoms with Crippen molar-refractivity contribution in [3.8, 4) is 0 Å². The van der Waals surface area contributed by atoms with Gasteiger partial charge in [0.2, 0.25) is 9.04 Å². The van der Waals surface area contributed by atoms with Crippen molar-refractivity contribution in [3.63, 3.8) is 0 Å². The second kappa shape index (κ2) is 7.66. The van der Waals surface area contributed by atoms with Crippen LogP contribution in [-0.4, -0.2) is 28.0 Å². The van der Waals surface area contributed by atoms with Gasteiger partial charge < -0.3 is 9.16 Å². The molecule has 0 radical (unpaired) electrons. The van der Waals surface area contributed by atoms with Gasteiger partial charge >= 0.3 is 0 Å². The first kappa shape index (κ1) is 14.5. The molecule has 106 valence electrons. The monoisotopic (exact) mass is 270 g/mol. The second-order valence-electron chi connectivity index (χ2n) is 6.56. The van der Waals surface area contributed by atoms with Crippen LogP contribution in [0, 0.1) is 11.8 Å². The van der Waals surface area contributed by atoms with Crippen molar-refractivity contribution in [1.82, 2.24) is 0 Å². The summed E-state index contributed by atoms with van der Waals surface area (Å²) < 4.78 is 12.3. The van der Waals surface area contributed by atoms with Gasteiger partial charge in [0.25, 0.3) is 0 Å². The normalized spacial score (nSPS) is 27.8. The van der Waals surface area contributed by atoms with Crippen molar-refractivity contribution >= 4 is 9.04 Å². The van der Waals surface area contributed by atoms with E-state index in [1.807, 2.05) is 0 Å². The molecular weight excluding hydrogens is 240 g/mol. The van der Waals surface area contributed by atoms with E-state index in [1.54, 1.807) is 0 Å². The molecule has 0 aromatic heterocycles. The first-order valence-electron chi connectivity index (χ1n) is 7.99. The Balaban J connectivity index is 1.76. The molecule has 0 amide bonds. The van der Waals surface area contributed by atoms with Crippen LogP contribution in [0.2, 0.25) is 6.04 Å². The Morgan fingerprint density at radius 1 is 1.11 bits per heavy atom. The Morgan fingerprint density at radius 2 is 1.89 bits per heavy atom. The van der Waals surface area contributed by atoms with E-state index in [1.165, 1.54) is 51.0 Å². The highest BCUT2D eigenvalue weighted by molar-refractivity contribution is 6.53. The highest BCUT2D eigenvalue weighted by atomic mass is 28.3. The Hall–Kier alpha value is 0.137. The summed E-state index contributed by atoms with van der Waals surface area (Å²) in [6, 6.07) is 1.29. The van der Waals surface area contributed by atoms with Crippen molar-refractivity contribution in [2.45, 2.75) is 70.6 Å². The van der Waals surface area contributed by atoms with E-state index in [9.17, 15) is 0 Å². The van der Waals surface area contributed by atoms with Crippen molar-refractivity contribution in [2.75, 3.05) is 13.2 Å². The van der Waals surface area contributed by atoms with Gasteiger partial charge in [0.1, 0.15) is 0 Å². The molecule has 0 N–H and O–H groups in total. The molecule has 1 saturated heterocycles. The largest absolute Gasteiger partial charge is 0.417 e. The zero-order valence-electron chi connectivity index (χ0n) is 12.2. The minimum atomic E-state index is -1.14. The summed E-state index contributed by atoms with van der Waals surface area (Å²) >= 11 is 0. The maximum absolute atomic E-state index is 6.39. The molecule has 1 aliphatic carbocycles. The van der Waals surface area contributed by atoms with Crippen molar-refractivity contribution in [3.05, 3.63) is 0 Å². The Morgan fingerprint density at radius 3 is 2.50 bits per heavy atom. The highest BCUT2D eigenvalue weighted by Gasteiger charge is 2.30. The average Bonchev–Trinajstić information content (AvgIpc) is 2.89. The Kier molecular flexibility index (Phi) is 6.19. The summed E-state index contributed by atoms with van der Waals surface area (Å²) in [7, 11) is -1.14. The summed E-state index contributed by atoms with van der Waals surface area (Å²) in [5, 5.41) is 0. The van der Waals surface area contributed by atoms with Gasteiger partial charge in [-0.05, 0) is 43.6 Å². The maximum atomic E-state index is 6.39. The lowest BCUT2D eigenvalue weighted by Crippen LogP contribution is -2.36. The zero-order valence-corrected chi connectivity index (χ0v) is 13.4. The fraction of sp³-hybridized carbons (Fsp3) is 1.00. The first-order chi connectivity index (χ1) is 8.75. The SMILES string of the molecule is CC(C)C[SiH](OCC1CCCCC1)C1CCCO1. The number of ether oxygens (including phenoxy) is 1. The van der Waals surface area contributed by atoms with E-state index in [0.717, 1.165) is 25.0 Å². The highest BCUT2D eigenvalue weighted by Crippen LogP contribution is 2.26. The third-order valence-corrected chi connectivity index (χ3v) is 7.74. The standard InChI is InChI=1S/C15H30O2Si/c1-13(2)12-18(15-9-6-10-16-15)17-11-14-7-4-3-5-8-14/h13-15,18H,3-12H2,1-2H3. The molecule has 3 heteroatoms. The molecule has 1 saturated carbocycles. The minimum absolute atomic E-state index is 0.510. The van der Waals surface area contributed by atoms with Gasteiger partial charge in [0, 0.05) is 13.2 Å². The third kappa shape index (κ3) is 4.67. The van der Waals surface area contributed by atoms with Crippen molar-refractivity contribution in [1.29, 1.82) is 0 Å². The molecule has 1 aliphatic heterocycles. The molecular formula is C15H30O2Si. The van der Waals surface area contributed by atoms with Crippen LogP contribution in [0.15, 0.2) is 0 Å². The topological polar surface area (TPSA) is 18.5 Å². The van der Waals surface area contributed by atoms with Crippen LogP contribution >= 0.6 is 0 Å². The fourth-order valence-electron chi connectivity index (χ4n) is 3.30. The van der Waals surface area contributed by atoms with Crippen LogP contribution in [0.3, 0.4) is 0 Å². The number of hydrogen-bond acceptors (Lipinski definition) is 2. The van der Waals surface area contributed by atoms with Crippen molar-refractivity contribution < 1.29 is 9.16 Å². The summed E-state index contributed by atoms with van der Waals surface area (Å²) in [5.74, 6) is 1.61. The quantitative estimate of drug-likeness (QED) is 0.686. The van der Waals surface area contributed by atoms with E-state index >= 15 is 0 Å². The predicted octanol–water partition coefficient (Wildman–Crippen LogP) is 3.68. The molecule has 1 heterocycles. The van der Waals surface area contributed by atoms with Gasteiger partial charge in [-0.1, -0.05) is 33.1 Å². The van der Waals surface area contributed by atoms with Gasteiger partial charge in [-0.3, -0.25) is 0 Å². The Bertz CT molecular complexity index is 221. The van der Waals surface area contributed by atoms with Gasteiger partial charge in [0.15, 0.2) is 0 Å². The van der Waals surface area contributed by atoms with Crippen molar-refractivity contribution in [2.24, 2.45) is 11.8 Å². The van der Waals surface area contributed by atoms with E-state index in [2.05, 4.69) is 13.8 Å². The number of hydrogen-bond donors (Lipinski definition) is 0. The minimum Gasteiger partial charge on any atom is -0.417 e. The van der Waals surface area contributed by atoms with Crippen LogP contribution in [-0.2, 0) is 9.16 Å². The fourth-order valence-corrected chi connectivity index (χ4v) is 6.36. The van der Waals surface area contributed by atoms with E-state index < -0.39 is 9.04 Å². The molecule has 2 fully saturated rings. The lowest BCUT2D eigenvalue weighted by molar-refractivity contribution is 0.129. The predicted molar refractivity (Wildman–Crippen MR) is 78.3 cm³/mol. The van der Waals surface area contributed by atoms with Gasteiger partial charge in [-0.2, -0.15) is 0 Å². The molecule has 18 heavy (non-hydrogen) atoms. The second-order valence-corrected chi connectivity index (χ2v) is 9.18. The summed E-state index contributed by atoms with van der Waals surface area (Å²) in [6.07, 6.45) is 9.58.